The molecule has 4 atom stereocenters. The van der Waals surface area contributed by atoms with Crippen molar-refractivity contribution in [1.29, 1.82) is 0 Å². The average Bonchev–Trinajstić information content (AvgIpc) is 3.78. The maximum absolute atomic E-state index is 15.4. The number of nitrogens with one attached hydrogen (secondary N) is 2. The third-order valence-corrected chi connectivity index (χ3v) is 13.7. The zero-order valence-electron chi connectivity index (χ0n) is 35.8. The van der Waals surface area contributed by atoms with E-state index in [4.69, 9.17) is 19.4 Å². The van der Waals surface area contributed by atoms with Crippen LogP contribution in [0.15, 0.2) is 48.7 Å². The fourth-order valence-electron chi connectivity index (χ4n) is 10.3. The first-order chi connectivity index (χ1) is 30.5. The fraction of sp³-hybridized carbons (Fsp3) is 0.478. The molecule has 2 bridgehead atoms. The number of hydrogen-bond donors (Lipinski definition) is 2. The number of piperidine rings is 2. The first kappa shape index (κ1) is 41.1. The van der Waals surface area contributed by atoms with Gasteiger partial charge in [0.25, 0.3) is 5.91 Å². The van der Waals surface area contributed by atoms with Crippen LogP contribution in [0, 0.1) is 30.4 Å². The molecule has 3 saturated heterocycles. The SMILES string of the molecule is COC[C@@H]1CN(c2ccc3nc4n(c3c2)C[C@H]2C[C@@H]2CCOc2c(cnn2C)-c2cc(cc(C)n2)C(=O)N4)CCN1C1CCN(c2cc(F)c([C@H]3CCC(=O)NC3=O)c(F)c2)CC1. The molecule has 0 spiro atoms. The molecule has 63 heavy (non-hydrogen) atoms. The predicted octanol–water partition coefficient (Wildman–Crippen LogP) is 5.42. The van der Waals surface area contributed by atoms with Crippen LogP contribution in [-0.2, 0) is 27.9 Å². The van der Waals surface area contributed by atoms with E-state index in [0.717, 1.165) is 74.1 Å². The molecule has 5 aliphatic rings. The zero-order valence-corrected chi connectivity index (χ0v) is 35.8. The highest BCUT2D eigenvalue weighted by Gasteiger charge is 2.39. The molecule has 0 radical (unpaired) electrons. The summed E-state index contributed by atoms with van der Waals surface area (Å²) < 4.78 is 46.8. The van der Waals surface area contributed by atoms with Gasteiger partial charge >= 0.3 is 0 Å². The molecule has 4 fully saturated rings. The number of methoxy groups -OCH3 is 1. The van der Waals surface area contributed by atoms with E-state index in [9.17, 15) is 14.4 Å². The number of aromatic nitrogens is 5. The van der Waals surface area contributed by atoms with Gasteiger partial charge in [-0.2, -0.15) is 5.10 Å². The Labute approximate surface area is 363 Å². The van der Waals surface area contributed by atoms with E-state index in [1.54, 1.807) is 30.1 Å². The van der Waals surface area contributed by atoms with Gasteiger partial charge in [-0.3, -0.25) is 34.9 Å². The van der Waals surface area contributed by atoms with Crippen molar-refractivity contribution in [3.05, 3.63) is 77.1 Å². The summed E-state index contributed by atoms with van der Waals surface area (Å²) in [7, 11) is 3.58. The largest absolute Gasteiger partial charge is 0.477 e. The lowest BCUT2D eigenvalue weighted by molar-refractivity contribution is -0.134. The number of hydrogen-bond acceptors (Lipinski definition) is 11. The number of pyridine rings is 1. The van der Waals surface area contributed by atoms with Crippen LogP contribution in [0.2, 0.25) is 0 Å². The van der Waals surface area contributed by atoms with E-state index >= 15 is 8.78 Å². The normalized spacial score (nSPS) is 23.5. The van der Waals surface area contributed by atoms with E-state index in [0.29, 0.717) is 72.6 Å². The van der Waals surface area contributed by atoms with Crippen molar-refractivity contribution in [2.45, 2.75) is 70.0 Å². The molecular weight excluding hydrogens is 811 g/mol. The Bertz CT molecular complexity index is 2580. The van der Waals surface area contributed by atoms with Crippen molar-refractivity contribution in [3.63, 3.8) is 0 Å². The van der Waals surface area contributed by atoms with Crippen LogP contribution in [0.25, 0.3) is 22.3 Å². The minimum absolute atomic E-state index is 0.0486. The number of ether oxygens (including phenoxy) is 2. The van der Waals surface area contributed by atoms with Gasteiger partial charge in [0.1, 0.15) is 11.6 Å². The Morgan fingerprint density at radius 3 is 2.46 bits per heavy atom. The maximum atomic E-state index is 15.4. The van der Waals surface area contributed by atoms with Gasteiger partial charge in [0.05, 0.1) is 53.7 Å². The molecule has 7 heterocycles. The van der Waals surface area contributed by atoms with E-state index in [-0.39, 0.29) is 36.4 Å². The van der Waals surface area contributed by atoms with E-state index in [2.05, 4.69) is 42.2 Å². The molecule has 15 nitrogen and oxygen atoms in total. The Hall–Kier alpha value is -5.94. The molecule has 3 aromatic heterocycles. The smallest absolute Gasteiger partial charge is 0.258 e. The predicted molar refractivity (Wildman–Crippen MR) is 232 cm³/mol. The van der Waals surface area contributed by atoms with Crippen molar-refractivity contribution in [1.82, 2.24) is 34.5 Å². The van der Waals surface area contributed by atoms with Gasteiger partial charge in [-0.05, 0) is 93.3 Å². The third kappa shape index (κ3) is 8.01. The number of carbonyl (C=O) groups excluding carboxylic acids is 3. The summed E-state index contributed by atoms with van der Waals surface area (Å²) in [5.74, 6) is -1.84. The summed E-state index contributed by atoms with van der Waals surface area (Å²) in [5.41, 5.74) is 5.59. The van der Waals surface area contributed by atoms with Gasteiger partial charge in [-0.1, -0.05) is 0 Å². The van der Waals surface area contributed by atoms with Gasteiger partial charge in [-0.15, -0.1) is 0 Å². The number of aryl methyl sites for hydroxylation is 2. The number of fused-ring (bicyclic) bond motifs is 8. The summed E-state index contributed by atoms with van der Waals surface area (Å²) in [4.78, 5) is 54.6. The van der Waals surface area contributed by atoms with Gasteiger partial charge in [0.2, 0.25) is 23.6 Å². The van der Waals surface area contributed by atoms with Gasteiger partial charge in [0, 0.05) is 94.1 Å². The molecule has 10 rings (SSSR count). The Kier molecular flexibility index (Phi) is 10.9. The number of rotatable bonds is 6. The monoisotopic (exact) mass is 862 g/mol. The minimum atomic E-state index is -1.03. The van der Waals surface area contributed by atoms with Crippen molar-refractivity contribution < 1.29 is 32.6 Å². The Balaban J connectivity index is 0.849. The van der Waals surface area contributed by atoms with Crippen LogP contribution in [0.5, 0.6) is 5.88 Å². The minimum Gasteiger partial charge on any atom is -0.477 e. The highest BCUT2D eigenvalue weighted by molar-refractivity contribution is 6.05. The quantitative estimate of drug-likeness (QED) is 0.211. The summed E-state index contributed by atoms with van der Waals surface area (Å²) in [5, 5.41) is 9.79. The van der Waals surface area contributed by atoms with Crippen LogP contribution in [0.1, 0.15) is 66.1 Å². The average molecular weight is 863 g/mol. The van der Waals surface area contributed by atoms with Crippen molar-refractivity contribution in [3.8, 4) is 17.1 Å². The standard InChI is InChI=1S/C46H52F2N10O5/c1-26-16-28-18-39(50-26)35-22-49-54(2)45(35)63-15-10-27-17-29(27)23-58-40-21-31(4-6-38(40)51-46(58)53-43(28)60)56-13-14-57(33(24-56)25-62-3)30-8-11-55(12-9-30)32-19-36(47)42(37(48)20-32)34-5-7-41(59)52-44(34)61/h4,6,16,18-22,27,29-30,33-34H,5,7-15,17,23-25H2,1-3H3,(H,51,53,60)(H,52,59,61)/t27-,29+,33-,34+/m0/s1. The van der Waals surface area contributed by atoms with Crippen molar-refractivity contribution in [2.24, 2.45) is 18.9 Å². The maximum Gasteiger partial charge on any atom is 0.258 e. The number of carbonyl (C=O) groups is 3. The summed E-state index contributed by atoms with van der Waals surface area (Å²) in [6, 6.07) is 12.9. The molecule has 330 valence electrons. The molecular formula is C46H52F2N10O5. The first-order valence-corrected chi connectivity index (χ1v) is 22.0. The van der Waals surface area contributed by atoms with Gasteiger partial charge in [0.15, 0.2) is 0 Å². The van der Waals surface area contributed by atoms with Crippen LogP contribution in [0.4, 0.5) is 26.1 Å². The van der Waals surface area contributed by atoms with E-state index in [1.807, 2.05) is 24.9 Å². The number of halogens is 2. The van der Waals surface area contributed by atoms with E-state index in [1.165, 1.54) is 12.1 Å². The number of benzene rings is 2. The summed E-state index contributed by atoms with van der Waals surface area (Å²) in [6.45, 7) is 7.33. The van der Waals surface area contributed by atoms with Crippen LogP contribution < -0.4 is 25.2 Å². The second kappa shape index (κ2) is 16.6. The second-order valence-electron chi connectivity index (χ2n) is 17.8. The number of piperazine rings is 1. The van der Waals surface area contributed by atoms with Crippen LogP contribution in [0.3, 0.4) is 0 Å². The topological polar surface area (TPSA) is 152 Å². The lowest BCUT2D eigenvalue weighted by Crippen LogP contribution is -2.60. The summed E-state index contributed by atoms with van der Waals surface area (Å²) >= 11 is 0. The molecule has 5 aromatic rings. The van der Waals surface area contributed by atoms with Gasteiger partial charge < -0.3 is 23.8 Å². The lowest BCUT2D eigenvalue weighted by atomic mass is 9.89. The van der Waals surface area contributed by atoms with Crippen LogP contribution >= 0.6 is 0 Å². The molecule has 0 unspecified atom stereocenters. The van der Waals surface area contributed by atoms with Crippen molar-refractivity contribution in [2.75, 3.05) is 68.2 Å². The highest BCUT2D eigenvalue weighted by atomic mass is 19.1. The number of nitrogens with zero attached hydrogens (tertiary/aromatic N) is 8. The third-order valence-electron chi connectivity index (χ3n) is 13.7. The second-order valence-corrected chi connectivity index (χ2v) is 17.8. The molecule has 1 aliphatic carbocycles. The molecule has 4 aliphatic heterocycles. The van der Waals surface area contributed by atoms with Gasteiger partial charge in [-0.25, -0.2) is 18.4 Å². The molecule has 3 amide bonds. The number of imide groups is 1. The molecule has 17 heteroatoms. The van der Waals surface area contributed by atoms with Crippen molar-refractivity contribution >= 4 is 46.1 Å². The lowest BCUT2D eigenvalue weighted by Gasteiger charge is -2.48. The number of anilines is 3. The summed E-state index contributed by atoms with van der Waals surface area (Å²) in [6.07, 6.45) is 5.47. The number of imidazole rings is 1. The highest BCUT2D eigenvalue weighted by Crippen LogP contribution is 2.44. The fourth-order valence-corrected chi connectivity index (χ4v) is 10.3. The zero-order chi connectivity index (χ0) is 43.5. The first-order valence-electron chi connectivity index (χ1n) is 22.0. The Morgan fingerprint density at radius 2 is 1.68 bits per heavy atom. The van der Waals surface area contributed by atoms with Crippen LogP contribution in [-0.4, -0.2) is 112 Å². The molecule has 2 N–H and O–H groups in total. The Morgan fingerprint density at radius 1 is 0.873 bits per heavy atom. The number of amides is 3. The molecule has 2 aromatic carbocycles. The molecule has 1 saturated carbocycles. The van der Waals surface area contributed by atoms with E-state index < -0.39 is 29.4 Å².